The molecule has 0 bridgehead atoms. The number of halogens is 1. The van der Waals surface area contributed by atoms with E-state index in [1.807, 2.05) is 0 Å². The summed E-state index contributed by atoms with van der Waals surface area (Å²) in [6.45, 7) is 3.09. The summed E-state index contributed by atoms with van der Waals surface area (Å²) in [6.07, 6.45) is 0. The summed E-state index contributed by atoms with van der Waals surface area (Å²) < 4.78 is 0.827. The lowest BCUT2D eigenvalue weighted by atomic mass is 10.0. The number of nitrogens with one attached hydrogen (secondary N) is 1. The van der Waals surface area contributed by atoms with Gasteiger partial charge in [0, 0.05) is 9.37 Å². The Labute approximate surface area is 113 Å². The molecule has 0 aliphatic carbocycles. The minimum atomic E-state index is -1.09. The smallest absolute Gasteiger partial charge is 0.253 e. The molecule has 2 amide bonds. The molecule has 0 atom stereocenters. The van der Waals surface area contributed by atoms with E-state index in [9.17, 15) is 9.59 Å². The number of hydrogen-bond acceptors (Lipinski definition) is 3. The fourth-order valence-corrected chi connectivity index (χ4v) is 1.96. The Bertz CT molecular complexity index is 475. The maximum absolute atomic E-state index is 11.9. The molecule has 92 valence electrons. The minimum absolute atomic E-state index is 0.383. The van der Waals surface area contributed by atoms with Crippen LogP contribution in [0, 0.1) is 0 Å². The van der Waals surface area contributed by atoms with Gasteiger partial charge in [-0.3, -0.25) is 9.59 Å². The molecular formula is C11H13BrN2O2S. The molecule has 0 saturated carbocycles. The summed E-state index contributed by atoms with van der Waals surface area (Å²) in [6, 6.07) is 5.06. The predicted octanol–water partition coefficient (Wildman–Crippen LogP) is 1.73. The number of primary amides is 1. The Morgan fingerprint density at radius 1 is 1.41 bits per heavy atom. The number of benzene rings is 1. The van der Waals surface area contributed by atoms with Crippen LogP contribution in [-0.4, -0.2) is 17.4 Å². The van der Waals surface area contributed by atoms with Crippen molar-refractivity contribution in [1.29, 1.82) is 0 Å². The zero-order valence-corrected chi connectivity index (χ0v) is 11.9. The molecule has 1 aromatic rings. The Morgan fingerprint density at radius 3 is 2.47 bits per heavy atom. The van der Waals surface area contributed by atoms with Crippen molar-refractivity contribution in [2.45, 2.75) is 24.3 Å². The number of nitrogens with two attached hydrogens (primary N) is 1. The van der Waals surface area contributed by atoms with Gasteiger partial charge in [0.25, 0.3) is 5.91 Å². The monoisotopic (exact) mass is 316 g/mol. The van der Waals surface area contributed by atoms with Crippen LogP contribution >= 0.6 is 28.6 Å². The minimum Gasteiger partial charge on any atom is -0.368 e. The van der Waals surface area contributed by atoms with Crippen LogP contribution < -0.4 is 11.1 Å². The highest BCUT2D eigenvalue weighted by molar-refractivity contribution is 9.10. The largest absolute Gasteiger partial charge is 0.368 e. The fourth-order valence-electron chi connectivity index (χ4n) is 1.11. The van der Waals surface area contributed by atoms with E-state index in [2.05, 4.69) is 33.9 Å². The summed E-state index contributed by atoms with van der Waals surface area (Å²) >= 11 is 7.48. The molecule has 0 radical (unpaired) electrons. The second-order valence-corrected chi connectivity index (χ2v) is 5.50. The molecule has 0 fully saturated rings. The lowest BCUT2D eigenvalue weighted by Gasteiger charge is -2.22. The molecule has 0 heterocycles. The zero-order valence-electron chi connectivity index (χ0n) is 9.45. The van der Waals surface area contributed by atoms with Crippen molar-refractivity contribution in [3.05, 3.63) is 28.2 Å². The van der Waals surface area contributed by atoms with Crippen LogP contribution in [0.1, 0.15) is 24.2 Å². The molecule has 3 N–H and O–H groups in total. The molecule has 17 heavy (non-hydrogen) atoms. The summed E-state index contributed by atoms with van der Waals surface area (Å²) in [5.74, 6) is -0.977. The Kier molecular flexibility index (Phi) is 4.21. The fraction of sp³-hybridized carbons (Fsp3) is 0.273. The number of thiol groups is 1. The van der Waals surface area contributed by atoms with Gasteiger partial charge in [0.05, 0.1) is 5.56 Å². The van der Waals surface area contributed by atoms with Gasteiger partial charge in [-0.2, -0.15) is 0 Å². The van der Waals surface area contributed by atoms with Crippen molar-refractivity contribution in [3.63, 3.8) is 0 Å². The molecule has 4 nitrogen and oxygen atoms in total. The van der Waals surface area contributed by atoms with Gasteiger partial charge in [-0.15, -0.1) is 12.6 Å². The number of hydrogen-bond donors (Lipinski definition) is 3. The third kappa shape index (κ3) is 3.47. The summed E-state index contributed by atoms with van der Waals surface area (Å²) in [5, 5.41) is 2.55. The molecule has 0 aliphatic rings. The Hall–Kier alpha value is -1.01. The van der Waals surface area contributed by atoms with E-state index in [-0.39, 0.29) is 5.91 Å². The third-order valence-electron chi connectivity index (χ3n) is 2.25. The van der Waals surface area contributed by atoms with Crippen molar-refractivity contribution in [2.75, 3.05) is 0 Å². The topological polar surface area (TPSA) is 72.2 Å². The first-order valence-corrected chi connectivity index (χ1v) is 6.09. The maximum Gasteiger partial charge on any atom is 0.253 e. The van der Waals surface area contributed by atoms with Crippen LogP contribution in [-0.2, 0) is 4.79 Å². The Balaban J connectivity index is 2.95. The van der Waals surface area contributed by atoms with Gasteiger partial charge in [0.2, 0.25) is 5.91 Å². The summed E-state index contributed by atoms with van der Waals surface area (Å²) in [4.78, 5) is 23.5. The predicted molar refractivity (Wildman–Crippen MR) is 72.1 cm³/mol. The van der Waals surface area contributed by atoms with Crippen LogP contribution in [0.4, 0.5) is 0 Å². The molecule has 1 aromatic carbocycles. The van der Waals surface area contributed by atoms with Crippen molar-refractivity contribution in [1.82, 2.24) is 5.32 Å². The van der Waals surface area contributed by atoms with E-state index in [0.29, 0.717) is 10.5 Å². The van der Waals surface area contributed by atoms with Gasteiger partial charge in [0.1, 0.15) is 5.54 Å². The van der Waals surface area contributed by atoms with Gasteiger partial charge < -0.3 is 11.1 Å². The van der Waals surface area contributed by atoms with Gasteiger partial charge >= 0.3 is 0 Å². The van der Waals surface area contributed by atoms with Gasteiger partial charge in [-0.25, -0.2) is 0 Å². The molecule has 0 unspecified atom stereocenters. The van der Waals surface area contributed by atoms with E-state index in [4.69, 9.17) is 5.73 Å². The van der Waals surface area contributed by atoms with Crippen LogP contribution in [0.5, 0.6) is 0 Å². The van der Waals surface area contributed by atoms with Gasteiger partial charge in [-0.1, -0.05) is 15.9 Å². The van der Waals surface area contributed by atoms with Crippen LogP contribution in [0.15, 0.2) is 27.6 Å². The molecule has 0 aromatic heterocycles. The SMILES string of the molecule is CC(C)(NC(=O)c1ccc(Br)cc1S)C(N)=O. The molecule has 1 rings (SSSR count). The number of carbonyl (C=O) groups is 2. The standard InChI is InChI=1S/C11H13BrN2O2S/c1-11(2,10(13)16)14-9(15)7-4-3-6(12)5-8(7)17/h3-5,17H,1-2H3,(H2,13,16)(H,14,15). The molecule has 0 saturated heterocycles. The van der Waals surface area contributed by atoms with Crippen LogP contribution in [0.2, 0.25) is 0 Å². The molecule has 0 aliphatic heterocycles. The Morgan fingerprint density at radius 2 is 2.00 bits per heavy atom. The summed E-state index contributed by atoms with van der Waals surface area (Å²) in [7, 11) is 0. The van der Waals surface area contributed by atoms with E-state index >= 15 is 0 Å². The van der Waals surface area contributed by atoms with Crippen LogP contribution in [0.3, 0.4) is 0 Å². The normalized spacial score (nSPS) is 11.1. The zero-order chi connectivity index (χ0) is 13.2. The highest BCUT2D eigenvalue weighted by atomic mass is 79.9. The number of rotatable bonds is 3. The van der Waals surface area contributed by atoms with Gasteiger partial charge in [0.15, 0.2) is 0 Å². The molecule has 0 spiro atoms. The van der Waals surface area contributed by atoms with Crippen molar-refractivity contribution in [3.8, 4) is 0 Å². The van der Waals surface area contributed by atoms with Crippen molar-refractivity contribution < 1.29 is 9.59 Å². The maximum atomic E-state index is 11.9. The highest BCUT2D eigenvalue weighted by Crippen LogP contribution is 2.20. The first-order valence-electron chi connectivity index (χ1n) is 4.85. The van der Waals surface area contributed by atoms with E-state index in [1.54, 1.807) is 32.0 Å². The average Bonchev–Trinajstić information content (AvgIpc) is 2.15. The van der Waals surface area contributed by atoms with Crippen molar-refractivity contribution in [2.24, 2.45) is 5.73 Å². The lowest BCUT2D eigenvalue weighted by molar-refractivity contribution is -0.122. The van der Waals surface area contributed by atoms with E-state index < -0.39 is 11.4 Å². The first-order chi connectivity index (χ1) is 7.74. The van der Waals surface area contributed by atoms with E-state index in [0.717, 1.165) is 4.47 Å². The summed E-state index contributed by atoms with van der Waals surface area (Å²) in [5.41, 5.74) is 4.48. The van der Waals surface area contributed by atoms with Crippen molar-refractivity contribution >= 4 is 40.4 Å². The first kappa shape index (κ1) is 14.1. The third-order valence-corrected chi connectivity index (χ3v) is 3.11. The van der Waals surface area contributed by atoms with E-state index in [1.165, 1.54) is 0 Å². The van der Waals surface area contributed by atoms with Crippen LogP contribution in [0.25, 0.3) is 0 Å². The second kappa shape index (κ2) is 5.10. The van der Waals surface area contributed by atoms with Gasteiger partial charge in [-0.05, 0) is 32.0 Å². The molecule has 6 heteroatoms. The number of amides is 2. The lowest BCUT2D eigenvalue weighted by Crippen LogP contribution is -2.53. The second-order valence-electron chi connectivity index (χ2n) is 4.10. The molecular weight excluding hydrogens is 304 g/mol. The quantitative estimate of drug-likeness (QED) is 0.743. The average molecular weight is 317 g/mol. The highest BCUT2D eigenvalue weighted by Gasteiger charge is 2.27. The number of carbonyl (C=O) groups excluding carboxylic acids is 2.